The van der Waals surface area contributed by atoms with Crippen molar-refractivity contribution in [2.24, 2.45) is 0 Å². The predicted octanol–water partition coefficient (Wildman–Crippen LogP) is 5.20. The third kappa shape index (κ3) is 3.60. The Bertz CT molecular complexity index is 1110. The first-order valence-corrected chi connectivity index (χ1v) is 8.84. The van der Waals surface area contributed by atoms with Crippen LogP contribution in [0.15, 0.2) is 66.9 Å². The Kier molecular flexibility index (Phi) is 4.47. The number of aryl methyl sites for hydroxylation is 2. The van der Waals surface area contributed by atoms with Gasteiger partial charge in [-0.25, -0.2) is 4.98 Å². The zero-order valence-corrected chi connectivity index (χ0v) is 15.3. The van der Waals surface area contributed by atoms with Crippen molar-refractivity contribution in [1.82, 2.24) is 9.97 Å². The molecule has 4 nitrogen and oxygen atoms in total. The Morgan fingerprint density at radius 3 is 2.37 bits per heavy atom. The van der Waals surface area contributed by atoms with E-state index in [0.717, 1.165) is 27.9 Å². The molecule has 0 atom stereocenters. The highest BCUT2D eigenvalue weighted by molar-refractivity contribution is 5.79. The second kappa shape index (κ2) is 7.08. The van der Waals surface area contributed by atoms with E-state index in [9.17, 15) is 5.11 Å². The number of phenols is 1. The monoisotopic (exact) mass is 356 g/mol. The van der Waals surface area contributed by atoms with Gasteiger partial charge in [0.05, 0.1) is 22.9 Å². The van der Waals surface area contributed by atoms with Crippen LogP contribution < -0.4 is 4.74 Å². The van der Waals surface area contributed by atoms with Crippen LogP contribution in [0.2, 0.25) is 0 Å². The van der Waals surface area contributed by atoms with Gasteiger partial charge in [-0.3, -0.25) is 4.98 Å². The fraction of sp³-hybridized carbons (Fsp3) is 0.130. The van der Waals surface area contributed by atoms with Gasteiger partial charge < -0.3 is 9.84 Å². The van der Waals surface area contributed by atoms with Crippen LogP contribution in [0.25, 0.3) is 22.3 Å². The van der Waals surface area contributed by atoms with Crippen LogP contribution >= 0.6 is 0 Å². The summed E-state index contributed by atoms with van der Waals surface area (Å²) < 4.78 is 5.73. The first-order valence-electron chi connectivity index (χ1n) is 8.84. The maximum absolute atomic E-state index is 10.4. The van der Waals surface area contributed by atoms with Gasteiger partial charge in [-0.1, -0.05) is 30.3 Å². The highest BCUT2D eigenvalue weighted by Gasteiger charge is 2.09. The third-order valence-corrected chi connectivity index (χ3v) is 4.65. The van der Waals surface area contributed by atoms with Crippen LogP contribution in [0, 0.1) is 13.8 Å². The topological polar surface area (TPSA) is 55.2 Å². The van der Waals surface area contributed by atoms with Gasteiger partial charge in [0.2, 0.25) is 0 Å². The number of benzene rings is 3. The molecule has 0 saturated carbocycles. The van der Waals surface area contributed by atoms with E-state index in [4.69, 9.17) is 9.72 Å². The maximum atomic E-state index is 10.4. The number of hydrogen-bond acceptors (Lipinski definition) is 4. The summed E-state index contributed by atoms with van der Waals surface area (Å²) in [5.74, 6) is 0.535. The van der Waals surface area contributed by atoms with Gasteiger partial charge in [0, 0.05) is 5.56 Å². The lowest BCUT2D eigenvalue weighted by Gasteiger charge is -2.10. The van der Waals surface area contributed by atoms with Crippen LogP contribution in [0.4, 0.5) is 0 Å². The van der Waals surface area contributed by atoms with Crippen LogP contribution in [-0.4, -0.2) is 15.1 Å². The van der Waals surface area contributed by atoms with Gasteiger partial charge in [-0.15, -0.1) is 0 Å². The molecule has 0 amide bonds. The highest BCUT2D eigenvalue weighted by atomic mass is 16.5. The lowest BCUT2D eigenvalue weighted by molar-refractivity contribution is 0.289. The summed E-state index contributed by atoms with van der Waals surface area (Å²) in [7, 11) is 0. The second-order valence-corrected chi connectivity index (χ2v) is 6.64. The summed E-state index contributed by atoms with van der Waals surface area (Å²) in [6.07, 6.45) is 1.73. The average Bonchev–Trinajstić information content (AvgIpc) is 2.68. The van der Waals surface area contributed by atoms with E-state index in [-0.39, 0.29) is 5.75 Å². The number of aromatic hydroxyl groups is 1. The molecule has 4 rings (SSSR count). The molecule has 1 heterocycles. The minimum absolute atomic E-state index is 0.0883. The number of fused-ring (bicyclic) bond motifs is 1. The molecule has 1 aromatic heterocycles. The predicted molar refractivity (Wildman–Crippen MR) is 107 cm³/mol. The van der Waals surface area contributed by atoms with Gasteiger partial charge >= 0.3 is 0 Å². The van der Waals surface area contributed by atoms with E-state index in [1.165, 1.54) is 11.1 Å². The number of hydrogen-bond donors (Lipinski definition) is 1. The van der Waals surface area contributed by atoms with Crippen molar-refractivity contribution in [2.75, 3.05) is 0 Å². The van der Waals surface area contributed by atoms with E-state index in [0.29, 0.717) is 12.4 Å². The molecule has 0 unspecified atom stereocenters. The Morgan fingerprint density at radius 2 is 1.63 bits per heavy atom. The van der Waals surface area contributed by atoms with Crippen molar-refractivity contribution in [2.45, 2.75) is 20.5 Å². The molecule has 0 fully saturated rings. The number of aromatic nitrogens is 2. The summed E-state index contributed by atoms with van der Waals surface area (Å²) in [5.41, 5.74) is 6.66. The lowest BCUT2D eigenvalue weighted by Crippen LogP contribution is -1.96. The summed E-state index contributed by atoms with van der Waals surface area (Å²) in [4.78, 5) is 9.21. The summed E-state index contributed by atoms with van der Waals surface area (Å²) in [6, 6.07) is 19.3. The Morgan fingerprint density at radius 1 is 0.889 bits per heavy atom. The number of rotatable bonds is 4. The molecule has 27 heavy (non-hydrogen) atoms. The zero-order valence-electron chi connectivity index (χ0n) is 15.3. The molecule has 0 saturated heterocycles. The fourth-order valence-electron chi connectivity index (χ4n) is 2.94. The Balaban J connectivity index is 1.60. The average molecular weight is 356 g/mol. The molecule has 0 bridgehead atoms. The van der Waals surface area contributed by atoms with Crippen LogP contribution in [0.3, 0.4) is 0 Å². The van der Waals surface area contributed by atoms with E-state index >= 15 is 0 Å². The Labute approximate surface area is 158 Å². The van der Waals surface area contributed by atoms with Crippen molar-refractivity contribution in [3.8, 4) is 22.8 Å². The number of ether oxygens (including phenoxy) is 1. The molecule has 3 aromatic carbocycles. The van der Waals surface area contributed by atoms with Crippen LogP contribution in [0.1, 0.15) is 16.7 Å². The van der Waals surface area contributed by atoms with Gasteiger partial charge in [0.25, 0.3) is 0 Å². The maximum Gasteiger partial charge on any atom is 0.161 e. The van der Waals surface area contributed by atoms with Crippen molar-refractivity contribution in [1.29, 1.82) is 0 Å². The minimum Gasteiger partial charge on any atom is -0.504 e. The summed E-state index contributed by atoms with van der Waals surface area (Å²) in [6.45, 7) is 4.53. The van der Waals surface area contributed by atoms with Crippen LogP contribution in [-0.2, 0) is 6.61 Å². The number of nitrogens with zero attached hydrogens (tertiary/aromatic N) is 2. The molecule has 4 heteroatoms. The molecule has 0 aliphatic rings. The minimum atomic E-state index is 0.0883. The second-order valence-electron chi connectivity index (χ2n) is 6.64. The zero-order chi connectivity index (χ0) is 18.8. The summed E-state index contributed by atoms with van der Waals surface area (Å²) >= 11 is 0. The van der Waals surface area contributed by atoms with E-state index in [2.05, 4.69) is 18.8 Å². The fourth-order valence-corrected chi connectivity index (χ4v) is 2.94. The van der Waals surface area contributed by atoms with E-state index in [1.807, 2.05) is 48.5 Å². The number of phenolic OH excluding ortho intramolecular Hbond substituents is 1. The highest BCUT2D eigenvalue weighted by Crippen LogP contribution is 2.32. The SMILES string of the molecule is Cc1cc2ncc(-c3ccc(OCc4ccccc4)c(O)c3)nc2cc1C. The molecule has 0 aliphatic heterocycles. The molecular weight excluding hydrogens is 336 g/mol. The lowest BCUT2D eigenvalue weighted by atomic mass is 10.1. The summed E-state index contributed by atoms with van der Waals surface area (Å²) in [5, 5.41) is 10.4. The van der Waals surface area contributed by atoms with Crippen molar-refractivity contribution in [3.05, 3.63) is 83.6 Å². The first-order chi connectivity index (χ1) is 13.1. The van der Waals surface area contributed by atoms with Crippen LogP contribution in [0.5, 0.6) is 11.5 Å². The smallest absolute Gasteiger partial charge is 0.161 e. The molecule has 1 N–H and O–H groups in total. The van der Waals surface area contributed by atoms with E-state index in [1.54, 1.807) is 18.3 Å². The molecule has 0 spiro atoms. The van der Waals surface area contributed by atoms with Crippen molar-refractivity contribution in [3.63, 3.8) is 0 Å². The first kappa shape index (κ1) is 17.0. The Hall–Kier alpha value is -3.40. The van der Waals surface area contributed by atoms with Gasteiger partial charge in [-0.2, -0.15) is 0 Å². The van der Waals surface area contributed by atoms with Crippen molar-refractivity contribution < 1.29 is 9.84 Å². The standard InChI is InChI=1S/C23H20N2O2/c1-15-10-19-20(11-16(15)2)25-21(13-24-19)18-8-9-23(22(26)12-18)27-14-17-6-4-3-5-7-17/h3-13,26H,14H2,1-2H3. The van der Waals surface area contributed by atoms with Gasteiger partial charge in [0.1, 0.15) is 6.61 Å². The van der Waals surface area contributed by atoms with Gasteiger partial charge in [0.15, 0.2) is 11.5 Å². The molecule has 134 valence electrons. The molecule has 0 aliphatic carbocycles. The quantitative estimate of drug-likeness (QED) is 0.546. The largest absolute Gasteiger partial charge is 0.504 e. The molecule has 4 aromatic rings. The van der Waals surface area contributed by atoms with Gasteiger partial charge in [-0.05, 0) is 60.9 Å². The molecule has 0 radical (unpaired) electrons. The van der Waals surface area contributed by atoms with Crippen molar-refractivity contribution >= 4 is 11.0 Å². The normalized spacial score (nSPS) is 10.9. The van der Waals surface area contributed by atoms with E-state index < -0.39 is 0 Å². The third-order valence-electron chi connectivity index (χ3n) is 4.65. The molecular formula is C23H20N2O2.